The normalized spacial score (nSPS) is 28.3. The number of ether oxygens (including phenoxy) is 3. The lowest BCUT2D eigenvalue weighted by atomic mass is 10.2. The topological polar surface area (TPSA) is 139 Å². The molecule has 0 bridgehead atoms. The van der Waals surface area contributed by atoms with Gasteiger partial charge in [0.05, 0.1) is 31.1 Å². The largest absolute Gasteiger partial charge is 0.394 e. The van der Waals surface area contributed by atoms with Crippen molar-refractivity contribution in [1.29, 1.82) is 0 Å². The fourth-order valence-electron chi connectivity index (χ4n) is 4.02. The van der Waals surface area contributed by atoms with Crippen molar-refractivity contribution in [1.82, 2.24) is 25.0 Å². The van der Waals surface area contributed by atoms with Crippen molar-refractivity contribution >= 4 is 32.6 Å². The molecule has 1 aliphatic heterocycles. The Bertz CT molecular complexity index is 1040. The minimum absolute atomic E-state index is 0.0764. The number of fused-ring (bicyclic) bond motifs is 2. The van der Waals surface area contributed by atoms with E-state index in [4.69, 9.17) is 30.9 Å². The van der Waals surface area contributed by atoms with E-state index in [-0.39, 0.29) is 58.7 Å². The second-order valence-corrected chi connectivity index (χ2v) is 10.2. The number of aromatic nitrogens is 5. The quantitative estimate of drug-likeness (QED) is 0.467. The first-order valence-corrected chi connectivity index (χ1v) is 11.8. The van der Waals surface area contributed by atoms with Gasteiger partial charge in [-0.25, -0.2) is 18.1 Å². The average molecular weight is 462 g/mol. The van der Waals surface area contributed by atoms with E-state index < -0.39 is 21.7 Å². The summed E-state index contributed by atoms with van der Waals surface area (Å²) < 4.78 is 44.4. The number of sulfone groups is 1. The van der Waals surface area contributed by atoms with Crippen molar-refractivity contribution in [2.45, 2.75) is 68.9 Å². The standard InChI is InChI=1S/C17H24ClN5O6S/c1-4-7-30(25,26)16-19-14(18)11-15(20-16)23(22-21-11)9-8-10(27-6-5-24)13-12(9)28-17(2,3)29-13/h9-10,12-13,24H,4-8H2,1-3H3/t9-,10+,12+,13-/m1/s1. The van der Waals surface area contributed by atoms with E-state index >= 15 is 0 Å². The van der Waals surface area contributed by atoms with Gasteiger partial charge in [-0.15, -0.1) is 5.10 Å². The smallest absolute Gasteiger partial charge is 0.250 e. The molecule has 0 radical (unpaired) electrons. The molecule has 1 aliphatic carbocycles. The molecule has 166 valence electrons. The summed E-state index contributed by atoms with van der Waals surface area (Å²) in [6.07, 6.45) is -0.249. The summed E-state index contributed by atoms with van der Waals surface area (Å²) in [6.45, 7) is 5.42. The molecule has 13 heteroatoms. The minimum Gasteiger partial charge on any atom is -0.394 e. The summed E-state index contributed by atoms with van der Waals surface area (Å²) in [4.78, 5) is 8.16. The number of nitrogens with zero attached hydrogens (tertiary/aromatic N) is 5. The molecule has 4 atom stereocenters. The predicted molar refractivity (Wildman–Crippen MR) is 105 cm³/mol. The Morgan fingerprint density at radius 2 is 2.03 bits per heavy atom. The lowest BCUT2D eigenvalue weighted by molar-refractivity contribution is -0.171. The first-order chi connectivity index (χ1) is 14.2. The second-order valence-electron chi connectivity index (χ2n) is 7.82. The third kappa shape index (κ3) is 3.80. The molecule has 2 aromatic heterocycles. The number of hydrogen-bond donors (Lipinski definition) is 1. The van der Waals surface area contributed by atoms with Crippen molar-refractivity contribution < 1.29 is 27.7 Å². The molecule has 1 saturated heterocycles. The summed E-state index contributed by atoms with van der Waals surface area (Å²) in [7, 11) is -3.69. The van der Waals surface area contributed by atoms with Gasteiger partial charge < -0.3 is 19.3 Å². The van der Waals surface area contributed by atoms with Crippen LogP contribution in [0.5, 0.6) is 0 Å². The van der Waals surface area contributed by atoms with E-state index in [9.17, 15) is 8.42 Å². The first kappa shape index (κ1) is 21.8. The van der Waals surface area contributed by atoms with Crippen molar-refractivity contribution in [3.8, 4) is 0 Å². The number of hydrogen-bond acceptors (Lipinski definition) is 10. The highest BCUT2D eigenvalue weighted by molar-refractivity contribution is 7.91. The highest BCUT2D eigenvalue weighted by Gasteiger charge is 2.56. The van der Waals surface area contributed by atoms with Crippen LogP contribution in [-0.4, -0.2) is 81.6 Å². The van der Waals surface area contributed by atoms with E-state index in [0.29, 0.717) is 12.8 Å². The zero-order chi connectivity index (χ0) is 21.7. The van der Waals surface area contributed by atoms with Crippen LogP contribution in [0, 0.1) is 0 Å². The molecular weight excluding hydrogens is 438 g/mol. The molecule has 1 N–H and O–H groups in total. The number of rotatable bonds is 7. The van der Waals surface area contributed by atoms with Crippen LogP contribution < -0.4 is 0 Å². The predicted octanol–water partition coefficient (Wildman–Crippen LogP) is 0.901. The van der Waals surface area contributed by atoms with E-state index in [1.807, 2.05) is 0 Å². The van der Waals surface area contributed by atoms with Gasteiger partial charge in [0.25, 0.3) is 5.16 Å². The Morgan fingerprint density at radius 3 is 2.73 bits per heavy atom. The Kier molecular flexibility index (Phi) is 5.75. The van der Waals surface area contributed by atoms with Gasteiger partial charge in [0.2, 0.25) is 9.84 Å². The minimum atomic E-state index is -3.69. The zero-order valence-electron chi connectivity index (χ0n) is 16.9. The van der Waals surface area contributed by atoms with Gasteiger partial charge in [-0.3, -0.25) is 0 Å². The van der Waals surface area contributed by atoms with Crippen molar-refractivity contribution in [3.05, 3.63) is 5.15 Å². The molecular formula is C17H24ClN5O6S. The molecule has 1 saturated carbocycles. The maximum atomic E-state index is 12.5. The lowest BCUT2D eigenvalue weighted by Crippen LogP contribution is -2.31. The third-order valence-corrected chi connectivity index (χ3v) is 7.08. The van der Waals surface area contributed by atoms with Gasteiger partial charge in [0, 0.05) is 6.42 Å². The fraction of sp³-hybridized carbons (Fsp3) is 0.765. The van der Waals surface area contributed by atoms with Crippen LogP contribution in [0.3, 0.4) is 0 Å². The van der Waals surface area contributed by atoms with Crippen LogP contribution in [0.25, 0.3) is 11.2 Å². The molecule has 0 unspecified atom stereocenters. The maximum absolute atomic E-state index is 12.5. The van der Waals surface area contributed by atoms with Crippen LogP contribution in [0.15, 0.2) is 5.16 Å². The maximum Gasteiger partial charge on any atom is 0.250 e. The zero-order valence-corrected chi connectivity index (χ0v) is 18.4. The van der Waals surface area contributed by atoms with E-state index in [0.717, 1.165) is 0 Å². The number of aliphatic hydroxyl groups is 1. The Balaban J connectivity index is 1.76. The summed E-state index contributed by atoms with van der Waals surface area (Å²) in [5, 5.41) is 16.9. The molecule has 2 aliphatic rings. The van der Waals surface area contributed by atoms with Crippen LogP contribution in [0.1, 0.15) is 39.7 Å². The Morgan fingerprint density at radius 1 is 1.30 bits per heavy atom. The number of aliphatic hydroxyl groups excluding tert-OH is 1. The number of halogens is 1. The van der Waals surface area contributed by atoms with Crippen molar-refractivity contribution in [2.24, 2.45) is 0 Å². The molecule has 2 aromatic rings. The van der Waals surface area contributed by atoms with Crippen LogP contribution >= 0.6 is 11.6 Å². The molecule has 30 heavy (non-hydrogen) atoms. The van der Waals surface area contributed by atoms with Gasteiger partial charge in [0.15, 0.2) is 22.1 Å². The second kappa shape index (κ2) is 7.92. The molecule has 11 nitrogen and oxygen atoms in total. The Hall–Kier alpha value is -1.44. The monoisotopic (exact) mass is 461 g/mol. The first-order valence-electron chi connectivity index (χ1n) is 9.76. The van der Waals surface area contributed by atoms with Crippen LogP contribution in [0.4, 0.5) is 0 Å². The summed E-state index contributed by atoms with van der Waals surface area (Å²) in [5.41, 5.74) is 0.422. The molecule has 2 fully saturated rings. The van der Waals surface area contributed by atoms with Crippen molar-refractivity contribution in [2.75, 3.05) is 19.0 Å². The van der Waals surface area contributed by atoms with E-state index in [2.05, 4.69) is 20.3 Å². The lowest BCUT2D eigenvalue weighted by Gasteiger charge is -2.23. The molecule has 0 aromatic carbocycles. The molecule has 4 rings (SSSR count). The SMILES string of the molecule is CCCS(=O)(=O)c1nc(Cl)c2nnn([C@@H]3C[C@H](OCCO)[C@H]4OC(C)(C)O[C@H]43)c2n1. The van der Waals surface area contributed by atoms with Crippen molar-refractivity contribution in [3.63, 3.8) is 0 Å². The van der Waals surface area contributed by atoms with E-state index in [1.165, 1.54) is 4.68 Å². The van der Waals surface area contributed by atoms with Crippen LogP contribution in [-0.2, 0) is 24.0 Å². The van der Waals surface area contributed by atoms with Gasteiger partial charge in [0.1, 0.15) is 12.2 Å². The summed E-state index contributed by atoms with van der Waals surface area (Å²) >= 11 is 6.20. The molecule has 3 heterocycles. The highest BCUT2D eigenvalue weighted by Crippen LogP contribution is 2.45. The summed E-state index contributed by atoms with van der Waals surface area (Å²) in [5.74, 6) is -0.916. The average Bonchev–Trinajstić information content (AvgIpc) is 3.31. The van der Waals surface area contributed by atoms with E-state index in [1.54, 1.807) is 20.8 Å². The Labute approximate surface area is 178 Å². The van der Waals surface area contributed by atoms with Gasteiger partial charge in [-0.1, -0.05) is 23.7 Å². The third-order valence-electron chi connectivity index (χ3n) is 5.13. The summed E-state index contributed by atoms with van der Waals surface area (Å²) in [6, 6.07) is -0.377. The highest BCUT2D eigenvalue weighted by atomic mass is 35.5. The van der Waals surface area contributed by atoms with Gasteiger partial charge in [-0.05, 0) is 20.3 Å². The van der Waals surface area contributed by atoms with Gasteiger partial charge >= 0.3 is 0 Å². The molecule has 0 spiro atoms. The fourth-order valence-corrected chi connectivity index (χ4v) is 5.44. The molecule has 0 amide bonds. The van der Waals surface area contributed by atoms with Gasteiger partial charge in [-0.2, -0.15) is 4.98 Å². The van der Waals surface area contributed by atoms with Crippen LogP contribution in [0.2, 0.25) is 5.15 Å².